The van der Waals surface area contributed by atoms with Crippen LogP contribution in [0.2, 0.25) is 0 Å². The van der Waals surface area contributed by atoms with Gasteiger partial charge >= 0.3 is 35.5 Å². The Labute approximate surface area is 192 Å². The van der Waals surface area contributed by atoms with Crippen LogP contribution in [0.3, 0.4) is 0 Å². The van der Waals surface area contributed by atoms with Crippen molar-refractivity contribution >= 4 is 40.9 Å². The average Bonchev–Trinajstić information content (AvgIpc) is 3.10. The second kappa shape index (κ2) is 9.27. The van der Waals surface area contributed by atoms with E-state index in [0.29, 0.717) is 21.5 Å². The quantitative estimate of drug-likeness (QED) is 0.277. The third-order valence-electron chi connectivity index (χ3n) is 4.66. The number of fused-ring (bicyclic) bond motifs is 1. The third-order valence-corrected chi connectivity index (χ3v) is 6.93. The van der Waals surface area contributed by atoms with E-state index in [2.05, 4.69) is 4.98 Å². The zero-order valence-electron chi connectivity index (χ0n) is 16.0. The van der Waals surface area contributed by atoms with E-state index >= 15 is 0 Å². The van der Waals surface area contributed by atoms with Crippen molar-refractivity contribution in [2.24, 2.45) is 11.8 Å². The van der Waals surface area contributed by atoms with Crippen molar-refractivity contribution in [2.75, 3.05) is 6.61 Å². The molecular weight excluding hydrogens is 415 g/mol. The number of carbonyl (C=O) groups excluding carboxylic acids is 3. The van der Waals surface area contributed by atoms with Crippen LogP contribution in [0.4, 0.5) is 0 Å². The van der Waals surface area contributed by atoms with Crippen LogP contribution in [0.5, 0.6) is 0 Å². The molecule has 1 aromatic heterocycles. The van der Waals surface area contributed by atoms with Gasteiger partial charge in [0, 0.05) is 16.2 Å². The second-order valence-electron chi connectivity index (χ2n) is 6.44. The molecular formula is C17H19N2NaO6S2. The number of thioether (sulfide) groups is 1. The van der Waals surface area contributed by atoms with Crippen LogP contribution in [0.1, 0.15) is 26.5 Å². The summed E-state index contributed by atoms with van der Waals surface area (Å²) in [6, 6.07) is -0.396. The Morgan fingerprint density at radius 3 is 2.75 bits per heavy atom. The Hall–Kier alpha value is -0.910. The Bertz CT molecular complexity index is 824. The zero-order chi connectivity index (χ0) is 19.9. The maximum Gasteiger partial charge on any atom is 1.00 e. The zero-order valence-corrected chi connectivity index (χ0v) is 19.6. The topological polar surface area (TPSA) is 120 Å². The molecule has 4 atom stereocenters. The van der Waals surface area contributed by atoms with E-state index in [4.69, 9.17) is 4.74 Å². The summed E-state index contributed by atoms with van der Waals surface area (Å²) in [4.78, 5) is 41.6. The first-order valence-electron chi connectivity index (χ1n) is 8.50. The molecule has 1 fully saturated rings. The maximum atomic E-state index is 12.3. The van der Waals surface area contributed by atoms with Gasteiger partial charge in [0.25, 0.3) is 0 Å². The standard InChI is InChI=1S/C17H20N2O6S2.Na/c1-4-25-10(21)5-9-6-26-17(18-9)27-14-7(2)12-11(8(3)20)15(22)19(12)13(14)16(23)24;/h6-8,11-12,20H,4-5H2,1-3H3,(H,23,24);/q;+1/p-1/t7-,8-,11-,12?;/m1./s1. The summed E-state index contributed by atoms with van der Waals surface area (Å²) < 4.78 is 5.46. The number of ether oxygens (including phenoxy) is 1. The number of carboxylic acid groups (broad SMARTS) is 1. The summed E-state index contributed by atoms with van der Waals surface area (Å²) in [6.45, 7) is 5.37. The fourth-order valence-corrected chi connectivity index (χ4v) is 5.62. The molecule has 0 saturated carbocycles. The molecule has 0 bridgehead atoms. The number of nitrogens with zero attached hydrogens (tertiary/aromatic N) is 2. The summed E-state index contributed by atoms with van der Waals surface area (Å²) >= 11 is 2.45. The minimum atomic E-state index is -1.42. The van der Waals surface area contributed by atoms with Crippen molar-refractivity contribution < 1.29 is 58.9 Å². The van der Waals surface area contributed by atoms with E-state index in [1.807, 2.05) is 6.92 Å². The van der Waals surface area contributed by atoms with Crippen molar-refractivity contribution in [3.8, 4) is 0 Å². The summed E-state index contributed by atoms with van der Waals surface area (Å²) in [6.07, 6.45) is -0.811. The predicted octanol–water partition coefficient (Wildman–Crippen LogP) is -2.84. The van der Waals surface area contributed by atoms with E-state index in [9.17, 15) is 24.6 Å². The van der Waals surface area contributed by atoms with Crippen molar-refractivity contribution in [3.05, 3.63) is 21.7 Å². The van der Waals surface area contributed by atoms with Crippen LogP contribution in [-0.4, -0.2) is 51.6 Å². The molecule has 1 unspecified atom stereocenters. The van der Waals surface area contributed by atoms with Gasteiger partial charge in [-0.05, 0) is 13.8 Å². The number of aromatic nitrogens is 1. The molecule has 1 N–H and O–H groups in total. The molecule has 1 aromatic rings. The number of aliphatic carboxylic acids is 1. The number of hydrogen-bond donors (Lipinski definition) is 1. The molecule has 3 heterocycles. The summed E-state index contributed by atoms with van der Waals surface area (Å²) in [5.41, 5.74) is 0.393. The van der Waals surface area contributed by atoms with Crippen LogP contribution in [0.25, 0.3) is 0 Å². The van der Waals surface area contributed by atoms with Gasteiger partial charge in [0.2, 0.25) is 5.91 Å². The van der Waals surface area contributed by atoms with Crippen molar-refractivity contribution in [3.63, 3.8) is 0 Å². The van der Waals surface area contributed by atoms with Crippen molar-refractivity contribution in [1.82, 2.24) is 9.88 Å². The molecule has 146 valence electrons. The average molecular weight is 434 g/mol. The SMILES string of the molecule is CCOC(=O)Cc1csc(SC2=C(C(=O)[O-])N3C(=O)[C@H]([C@@H](C)O)C3[C@H]2C)n1.[Na+]. The number of hydrogen-bond acceptors (Lipinski definition) is 9. The maximum absolute atomic E-state index is 12.3. The number of thiazole rings is 1. The summed E-state index contributed by atoms with van der Waals surface area (Å²) in [5.74, 6) is -3.09. The largest absolute Gasteiger partial charge is 1.00 e. The Balaban J connectivity index is 0.00000280. The first kappa shape index (κ1) is 23.4. The number of aliphatic hydroxyl groups is 1. The van der Waals surface area contributed by atoms with E-state index in [0.717, 1.165) is 11.8 Å². The summed E-state index contributed by atoms with van der Waals surface area (Å²) in [7, 11) is 0. The van der Waals surface area contributed by atoms with Gasteiger partial charge in [-0.3, -0.25) is 9.59 Å². The van der Waals surface area contributed by atoms with Crippen LogP contribution in [0.15, 0.2) is 20.3 Å². The number of amides is 1. The van der Waals surface area contributed by atoms with E-state index in [1.54, 1.807) is 12.3 Å². The second-order valence-corrected chi connectivity index (χ2v) is 8.59. The smallest absolute Gasteiger partial charge is 0.543 e. The van der Waals surface area contributed by atoms with Crippen LogP contribution in [0, 0.1) is 11.8 Å². The number of carboxylic acids is 1. The molecule has 2 aliphatic rings. The molecule has 8 nitrogen and oxygen atoms in total. The molecule has 28 heavy (non-hydrogen) atoms. The minimum absolute atomic E-state index is 0. The number of β-lactam (4-membered cyclic amide) rings is 1. The Kier molecular flexibility index (Phi) is 7.74. The van der Waals surface area contributed by atoms with E-state index in [-0.39, 0.29) is 53.6 Å². The summed E-state index contributed by atoms with van der Waals surface area (Å²) in [5, 5.41) is 23.2. The van der Waals surface area contributed by atoms with Gasteiger partial charge in [-0.1, -0.05) is 18.7 Å². The van der Waals surface area contributed by atoms with Gasteiger partial charge < -0.3 is 24.6 Å². The predicted molar refractivity (Wildman–Crippen MR) is 95.3 cm³/mol. The van der Waals surface area contributed by atoms with Crippen LogP contribution >= 0.6 is 23.1 Å². The van der Waals surface area contributed by atoms with Gasteiger partial charge in [-0.2, -0.15) is 0 Å². The van der Waals surface area contributed by atoms with Crippen molar-refractivity contribution in [1.29, 1.82) is 0 Å². The normalized spacial score (nSPS) is 24.4. The Morgan fingerprint density at radius 2 is 2.18 bits per heavy atom. The fraction of sp³-hybridized carbons (Fsp3) is 0.529. The first-order valence-corrected chi connectivity index (χ1v) is 10.2. The number of carbonyl (C=O) groups is 3. The first-order chi connectivity index (χ1) is 12.8. The van der Waals surface area contributed by atoms with Gasteiger partial charge in [0.1, 0.15) is 0 Å². The molecule has 1 amide bonds. The fourth-order valence-electron chi connectivity index (χ4n) is 3.52. The molecule has 3 rings (SSSR count). The van der Waals surface area contributed by atoms with E-state index < -0.39 is 29.9 Å². The van der Waals surface area contributed by atoms with Gasteiger partial charge in [-0.25, -0.2) is 4.98 Å². The monoisotopic (exact) mass is 434 g/mol. The molecule has 0 aliphatic carbocycles. The number of aliphatic hydroxyl groups excluding tert-OH is 1. The number of rotatable bonds is 7. The van der Waals surface area contributed by atoms with Gasteiger partial charge in [0.05, 0.1) is 48.5 Å². The molecule has 0 aromatic carbocycles. The molecule has 11 heteroatoms. The van der Waals surface area contributed by atoms with Crippen molar-refractivity contribution in [2.45, 2.75) is 43.7 Å². The molecule has 1 saturated heterocycles. The van der Waals surface area contributed by atoms with Gasteiger partial charge in [0.15, 0.2) is 4.34 Å². The van der Waals surface area contributed by atoms with E-state index in [1.165, 1.54) is 23.2 Å². The molecule has 0 radical (unpaired) electrons. The third kappa shape index (κ3) is 4.17. The minimum Gasteiger partial charge on any atom is -0.543 e. The van der Waals surface area contributed by atoms with Gasteiger partial charge in [-0.15, -0.1) is 11.3 Å². The molecule has 2 aliphatic heterocycles. The van der Waals surface area contributed by atoms with Crippen LogP contribution < -0.4 is 34.7 Å². The molecule has 0 spiro atoms. The Morgan fingerprint density at radius 1 is 1.50 bits per heavy atom. The number of esters is 1. The van der Waals surface area contributed by atoms with Crippen LogP contribution in [-0.2, 0) is 25.5 Å².